The van der Waals surface area contributed by atoms with E-state index in [-0.39, 0.29) is 11.4 Å². The van der Waals surface area contributed by atoms with E-state index < -0.39 is 0 Å². The summed E-state index contributed by atoms with van der Waals surface area (Å²) in [5.41, 5.74) is 2.82. The minimum absolute atomic E-state index is 0.0542. The van der Waals surface area contributed by atoms with E-state index in [1.807, 2.05) is 35.9 Å². The largest absolute Gasteiger partial charge is 0.336 e. The first-order chi connectivity index (χ1) is 13.6. The van der Waals surface area contributed by atoms with Crippen molar-refractivity contribution >= 4 is 23.3 Å². The van der Waals surface area contributed by atoms with E-state index in [9.17, 15) is 4.79 Å². The quantitative estimate of drug-likeness (QED) is 0.734. The molecule has 0 unspecified atom stereocenters. The topological polar surface area (TPSA) is 63.0 Å². The van der Waals surface area contributed by atoms with Gasteiger partial charge in [-0.2, -0.15) is 0 Å². The molecule has 28 heavy (non-hydrogen) atoms. The number of hydrogen-bond donors (Lipinski definition) is 1. The van der Waals surface area contributed by atoms with E-state index in [2.05, 4.69) is 39.8 Å². The van der Waals surface area contributed by atoms with Crippen LogP contribution in [0.15, 0.2) is 48.5 Å². The van der Waals surface area contributed by atoms with E-state index in [1.165, 1.54) is 5.56 Å². The third-order valence-electron chi connectivity index (χ3n) is 5.74. The van der Waals surface area contributed by atoms with Crippen LogP contribution in [0, 0.1) is 0 Å². The molecule has 1 saturated heterocycles. The Balaban J connectivity index is 1.51. The molecule has 2 heterocycles. The minimum Gasteiger partial charge on any atom is -0.336 e. The molecule has 0 atom stereocenters. The van der Waals surface area contributed by atoms with Crippen molar-refractivity contribution in [2.75, 3.05) is 18.0 Å². The zero-order chi connectivity index (χ0) is 19.3. The molecule has 3 aromatic rings. The molecular weight excluding hydrogens is 374 g/mol. The summed E-state index contributed by atoms with van der Waals surface area (Å²) < 4.78 is 2.05. The van der Waals surface area contributed by atoms with Gasteiger partial charge in [-0.05, 0) is 36.6 Å². The summed E-state index contributed by atoms with van der Waals surface area (Å²) in [6.45, 7) is 1.29. The van der Waals surface area contributed by atoms with Crippen molar-refractivity contribution in [3.05, 3.63) is 64.9 Å². The normalized spacial score (nSPS) is 17.6. The van der Waals surface area contributed by atoms with E-state index in [4.69, 9.17) is 11.6 Å². The second-order valence-electron chi connectivity index (χ2n) is 7.40. The molecule has 1 aliphatic carbocycles. The fourth-order valence-corrected chi connectivity index (χ4v) is 4.33. The Morgan fingerprint density at radius 2 is 1.89 bits per heavy atom. The summed E-state index contributed by atoms with van der Waals surface area (Å²) in [4.78, 5) is 13.6. The van der Waals surface area contributed by atoms with Crippen LogP contribution < -0.4 is 10.2 Å². The van der Waals surface area contributed by atoms with Gasteiger partial charge in [-0.25, -0.2) is 4.79 Å². The van der Waals surface area contributed by atoms with Crippen LogP contribution in [-0.4, -0.2) is 33.9 Å². The van der Waals surface area contributed by atoms with Crippen molar-refractivity contribution in [1.82, 2.24) is 20.1 Å². The molecule has 0 bridgehead atoms. The van der Waals surface area contributed by atoms with Gasteiger partial charge in [0.25, 0.3) is 0 Å². The summed E-state index contributed by atoms with van der Waals surface area (Å²) in [5, 5.41) is 12.4. The van der Waals surface area contributed by atoms with Crippen molar-refractivity contribution in [3.63, 3.8) is 0 Å². The van der Waals surface area contributed by atoms with E-state index in [0.717, 1.165) is 35.7 Å². The number of carbonyl (C=O) groups excluding carboxylic acids is 1. The number of urea groups is 1. The first-order valence-corrected chi connectivity index (χ1v) is 9.79. The molecule has 2 aromatic carbocycles. The predicted octanol–water partition coefficient (Wildman–Crippen LogP) is 3.75. The Morgan fingerprint density at radius 3 is 2.54 bits per heavy atom. The highest BCUT2D eigenvalue weighted by atomic mass is 35.5. The highest BCUT2D eigenvalue weighted by molar-refractivity contribution is 6.33. The average Bonchev–Trinajstić information content (AvgIpc) is 3.26. The second-order valence-corrected chi connectivity index (χ2v) is 7.81. The zero-order valence-electron chi connectivity index (χ0n) is 15.5. The summed E-state index contributed by atoms with van der Waals surface area (Å²) >= 11 is 6.58. The van der Waals surface area contributed by atoms with Crippen LogP contribution in [0.5, 0.6) is 0 Å². The van der Waals surface area contributed by atoms with Crippen LogP contribution in [0.2, 0.25) is 5.02 Å². The third kappa shape index (κ3) is 2.59. The Hall–Kier alpha value is -2.86. The zero-order valence-corrected chi connectivity index (χ0v) is 16.3. The van der Waals surface area contributed by atoms with Crippen molar-refractivity contribution in [1.29, 1.82) is 0 Å². The maximum Gasteiger partial charge on any atom is 0.321 e. The maximum absolute atomic E-state index is 11.9. The minimum atomic E-state index is -0.0942. The summed E-state index contributed by atoms with van der Waals surface area (Å²) in [6.07, 6.45) is 2.14. The molecule has 6 nitrogen and oxygen atoms in total. The molecule has 2 amide bonds. The van der Waals surface area contributed by atoms with Crippen molar-refractivity contribution in [3.8, 4) is 11.4 Å². The SMILES string of the molecule is Cn1c(-c2ccc(N3CCNC3=O)cc2Cl)nnc1C1(c2ccccc2)CC1. The van der Waals surface area contributed by atoms with Crippen LogP contribution in [0.3, 0.4) is 0 Å². The molecule has 5 rings (SSSR count). The Morgan fingerprint density at radius 1 is 1.11 bits per heavy atom. The Kier molecular flexibility index (Phi) is 3.91. The van der Waals surface area contributed by atoms with Crippen LogP contribution in [0.1, 0.15) is 24.2 Å². The number of amides is 2. The summed E-state index contributed by atoms with van der Waals surface area (Å²) in [6, 6.07) is 16.0. The molecule has 142 valence electrons. The van der Waals surface area contributed by atoms with Gasteiger partial charge >= 0.3 is 6.03 Å². The molecule has 0 radical (unpaired) electrons. The van der Waals surface area contributed by atoms with E-state index in [1.54, 1.807) is 4.90 Å². The number of nitrogens with zero attached hydrogens (tertiary/aromatic N) is 4. The highest BCUT2D eigenvalue weighted by Gasteiger charge is 2.49. The number of benzene rings is 2. The van der Waals surface area contributed by atoms with E-state index in [0.29, 0.717) is 18.1 Å². The van der Waals surface area contributed by atoms with Gasteiger partial charge in [0, 0.05) is 31.4 Å². The molecule has 0 spiro atoms. The first-order valence-electron chi connectivity index (χ1n) is 9.41. The number of anilines is 1. The second kappa shape index (κ2) is 6.34. The Labute approximate surface area is 168 Å². The van der Waals surface area contributed by atoms with Crippen molar-refractivity contribution in [2.24, 2.45) is 7.05 Å². The van der Waals surface area contributed by atoms with E-state index >= 15 is 0 Å². The lowest BCUT2D eigenvalue weighted by atomic mass is 9.95. The number of rotatable bonds is 4. The number of aromatic nitrogens is 3. The Bertz CT molecular complexity index is 1060. The first kappa shape index (κ1) is 17.3. The van der Waals surface area contributed by atoms with Gasteiger partial charge in [0.15, 0.2) is 5.82 Å². The number of hydrogen-bond acceptors (Lipinski definition) is 3. The molecule has 1 aliphatic heterocycles. The number of carbonyl (C=O) groups is 1. The number of halogens is 1. The van der Waals surface area contributed by atoms with Crippen LogP contribution >= 0.6 is 11.6 Å². The summed E-state index contributed by atoms with van der Waals surface area (Å²) in [5.74, 6) is 1.70. The van der Waals surface area contributed by atoms with Gasteiger partial charge in [-0.15, -0.1) is 10.2 Å². The third-order valence-corrected chi connectivity index (χ3v) is 6.05. The fourth-order valence-electron chi connectivity index (χ4n) is 4.08. The molecule has 2 aliphatic rings. The van der Waals surface area contributed by atoms with Gasteiger partial charge in [0.05, 0.1) is 10.4 Å². The van der Waals surface area contributed by atoms with Crippen molar-refractivity contribution in [2.45, 2.75) is 18.3 Å². The molecule has 1 aromatic heterocycles. The van der Waals surface area contributed by atoms with Gasteiger partial charge in [0.2, 0.25) is 0 Å². The lowest BCUT2D eigenvalue weighted by molar-refractivity contribution is 0.252. The average molecular weight is 394 g/mol. The van der Waals surface area contributed by atoms with Gasteiger partial charge in [0.1, 0.15) is 5.82 Å². The predicted molar refractivity (Wildman–Crippen MR) is 109 cm³/mol. The molecular formula is C21H20ClN5O. The van der Waals surface area contributed by atoms with Crippen molar-refractivity contribution < 1.29 is 4.79 Å². The maximum atomic E-state index is 11.9. The van der Waals surface area contributed by atoms with Crippen LogP contribution in [0.4, 0.5) is 10.5 Å². The highest BCUT2D eigenvalue weighted by Crippen LogP contribution is 2.53. The van der Waals surface area contributed by atoms with Gasteiger partial charge in [-0.3, -0.25) is 4.90 Å². The lowest BCUT2D eigenvalue weighted by Crippen LogP contribution is -2.27. The molecule has 2 fully saturated rings. The van der Waals surface area contributed by atoms with Gasteiger partial charge < -0.3 is 9.88 Å². The molecule has 7 heteroatoms. The summed E-state index contributed by atoms with van der Waals surface area (Å²) in [7, 11) is 1.99. The standard InChI is InChI=1S/C21H20ClN5O/c1-26-18(16-8-7-15(13-17(16)22)27-12-11-23-20(27)28)24-25-19(26)21(9-10-21)14-5-3-2-4-6-14/h2-8,13H,9-12H2,1H3,(H,23,28). The monoisotopic (exact) mass is 393 g/mol. The molecule has 1 N–H and O–H groups in total. The number of nitrogens with one attached hydrogen (secondary N) is 1. The van der Waals surface area contributed by atoms with Gasteiger partial charge in [-0.1, -0.05) is 41.9 Å². The lowest BCUT2D eigenvalue weighted by Gasteiger charge is -2.17. The molecule has 1 saturated carbocycles. The smallest absolute Gasteiger partial charge is 0.321 e. The fraction of sp³-hybridized carbons (Fsp3) is 0.286. The van der Waals surface area contributed by atoms with Crippen LogP contribution in [0.25, 0.3) is 11.4 Å². The van der Waals surface area contributed by atoms with Crippen LogP contribution in [-0.2, 0) is 12.5 Å².